The molecule has 0 aliphatic carbocycles. The van der Waals surface area contributed by atoms with Gasteiger partial charge in [0.25, 0.3) is 0 Å². The zero-order valence-electron chi connectivity index (χ0n) is 14.9. The molecule has 1 atom stereocenters. The van der Waals surface area contributed by atoms with Crippen molar-refractivity contribution in [2.45, 2.75) is 38.6 Å². The van der Waals surface area contributed by atoms with Crippen LogP contribution >= 0.6 is 11.6 Å². The fraction of sp³-hybridized carbons (Fsp3) is 0.286. The van der Waals surface area contributed by atoms with Gasteiger partial charge in [-0.1, -0.05) is 11.6 Å². The first kappa shape index (κ1) is 17.7. The summed E-state index contributed by atoms with van der Waals surface area (Å²) in [6, 6.07) is 8.69. The third kappa shape index (κ3) is 3.02. The second-order valence-electron chi connectivity index (χ2n) is 7.01. The monoisotopic (exact) mass is 382 g/mol. The average Bonchev–Trinajstić information content (AvgIpc) is 2.98. The van der Waals surface area contributed by atoms with Crippen molar-refractivity contribution in [3.05, 3.63) is 63.9 Å². The highest BCUT2D eigenvalue weighted by Gasteiger charge is 2.33. The van der Waals surface area contributed by atoms with E-state index in [-0.39, 0.29) is 18.1 Å². The Balaban J connectivity index is 1.99. The Labute approximate surface area is 161 Å². The number of benzene rings is 1. The number of carboxylic acids is 1. The number of hydrogen-bond donors (Lipinski definition) is 1. The standard InChI is InChI=1S/C21H19ClN2O3/c1-12-8-9-23-21-17(12)18(20(27)13-4-6-15(22)7-5-13)19-14(11-16(25)26)3-2-10-24(19)21/h4-9,14H,2-3,10-11H2,1H3,(H,25,26). The summed E-state index contributed by atoms with van der Waals surface area (Å²) >= 11 is 5.97. The topological polar surface area (TPSA) is 72.2 Å². The lowest BCUT2D eigenvalue weighted by Gasteiger charge is -2.25. The smallest absolute Gasteiger partial charge is 0.304 e. The molecule has 5 nitrogen and oxygen atoms in total. The maximum Gasteiger partial charge on any atom is 0.304 e. The number of halogens is 1. The summed E-state index contributed by atoms with van der Waals surface area (Å²) in [6.45, 7) is 2.70. The number of aliphatic carboxylic acids is 1. The maximum atomic E-state index is 13.5. The summed E-state index contributed by atoms with van der Waals surface area (Å²) in [6.07, 6.45) is 3.38. The van der Waals surface area contributed by atoms with E-state index in [1.807, 2.05) is 17.6 Å². The van der Waals surface area contributed by atoms with Gasteiger partial charge < -0.3 is 9.67 Å². The minimum atomic E-state index is -0.853. The number of aryl methyl sites for hydroxylation is 2. The lowest BCUT2D eigenvalue weighted by molar-refractivity contribution is -0.137. The molecule has 138 valence electrons. The molecule has 0 saturated carbocycles. The molecule has 0 bridgehead atoms. The molecule has 0 radical (unpaired) electrons. The average molecular weight is 383 g/mol. The lowest BCUT2D eigenvalue weighted by Crippen LogP contribution is -2.20. The van der Waals surface area contributed by atoms with Crippen LogP contribution in [-0.4, -0.2) is 26.4 Å². The van der Waals surface area contributed by atoms with E-state index in [2.05, 4.69) is 4.98 Å². The van der Waals surface area contributed by atoms with Crippen LogP contribution in [0.4, 0.5) is 0 Å². The highest BCUT2D eigenvalue weighted by atomic mass is 35.5. The summed E-state index contributed by atoms with van der Waals surface area (Å²) in [5.74, 6) is -1.16. The van der Waals surface area contributed by atoms with Gasteiger partial charge in [0.1, 0.15) is 5.65 Å². The fourth-order valence-electron chi connectivity index (χ4n) is 4.10. The van der Waals surface area contributed by atoms with Crippen LogP contribution in [0.3, 0.4) is 0 Å². The number of carbonyl (C=O) groups is 2. The van der Waals surface area contributed by atoms with Gasteiger partial charge in [-0.05, 0) is 55.7 Å². The fourth-order valence-corrected chi connectivity index (χ4v) is 4.23. The molecule has 4 rings (SSSR count). The molecule has 0 spiro atoms. The Kier molecular flexibility index (Phi) is 4.48. The molecule has 0 saturated heterocycles. The zero-order valence-corrected chi connectivity index (χ0v) is 15.7. The Morgan fingerprint density at radius 3 is 2.70 bits per heavy atom. The molecule has 2 aromatic heterocycles. The van der Waals surface area contributed by atoms with E-state index < -0.39 is 5.97 Å². The second-order valence-corrected chi connectivity index (χ2v) is 7.45. The largest absolute Gasteiger partial charge is 0.481 e. The molecule has 1 unspecified atom stereocenters. The Hall–Kier alpha value is -2.66. The lowest BCUT2D eigenvalue weighted by atomic mass is 9.87. The van der Waals surface area contributed by atoms with E-state index in [1.165, 1.54) is 0 Å². The van der Waals surface area contributed by atoms with E-state index in [4.69, 9.17) is 11.6 Å². The van der Waals surface area contributed by atoms with Crippen LogP contribution in [0.25, 0.3) is 11.0 Å². The van der Waals surface area contributed by atoms with Gasteiger partial charge >= 0.3 is 5.97 Å². The number of carboxylic acid groups (broad SMARTS) is 1. The van der Waals surface area contributed by atoms with Crippen LogP contribution < -0.4 is 0 Å². The number of carbonyl (C=O) groups excluding carboxylic acids is 1. The predicted molar refractivity (Wildman–Crippen MR) is 104 cm³/mol. The Morgan fingerprint density at radius 1 is 1.26 bits per heavy atom. The first-order chi connectivity index (χ1) is 13.0. The first-order valence-electron chi connectivity index (χ1n) is 8.97. The van der Waals surface area contributed by atoms with Crippen molar-refractivity contribution in [1.82, 2.24) is 9.55 Å². The van der Waals surface area contributed by atoms with Crippen molar-refractivity contribution in [3.8, 4) is 0 Å². The van der Waals surface area contributed by atoms with Gasteiger partial charge in [0.05, 0.1) is 12.0 Å². The maximum absolute atomic E-state index is 13.5. The van der Waals surface area contributed by atoms with Gasteiger partial charge in [-0.3, -0.25) is 9.59 Å². The second kappa shape index (κ2) is 6.82. The van der Waals surface area contributed by atoms with Gasteiger partial charge in [0, 0.05) is 40.3 Å². The highest BCUT2D eigenvalue weighted by molar-refractivity contribution is 6.30. The van der Waals surface area contributed by atoms with Crippen molar-refractivity contribution < 1.29 is 14.7 Å². The molecule has 1 aromatic carbocycles. The van der Waals surface area contributed by atoms with E-state index in [1.54, 1.807) is 30.5 Å². The minimum absolute atomic E-state index is 0.0102. The molecule has 3 heterocycles. The minimum Gasteiger partial charge on any atom is -0.481 e. The van der Waals surface area contributed by atoms with Gasteiger partial charge in [0.2, 0.25) is 0 Å². The summed E-state index contributed by atoms with van der Waals surface area (Å²) in [7, 11) is 0. The van der Waals surface area contributed by atoms with Crippen LogP contribution in [0, 0.1) is 6.92 Å². The molecule has 0 amide bonds. The number of nitrogens with zero attached hydrogens (tertiary/aromatic N) is 2. The van der Waals surface area contributed by atoms with E-state index in [0.29, 0.717) is 16.1 Å². The molecular weight excluding hydrogens is 364 g/mol. The predicted octanol–water partition coefficient (Wildman–Crippen LogP) is 4.58. The van der Waals surface area contributed by atoms with Crippen molar-refractivity contribution in [2.75, 3.05) is 0 Å². The highest BCUT2D eigenvalue weighted by Crippen LogP contribution is 2.40. The van der Waals surface area contributed by atoms with Crippen molar-refractivity contribution in [2.24, 2.45) is 0 Å². The van der Waals surface area contributed by atoms with Crippen LogP contribution in [0.15, 0.2) is 36.5 Å². The van der Waals surface area contributed by atoms with E-state index in [0.717, 1.165) is 41.7 Å². The zero-order chi connectivity index (χ0) is 19.1. The van der Waals surface area contributed by atoms with E-state index in [9.17, 15) is 14.7 Å². The molecule has 1 aliphatic heterocycles. The quantitative estimate of drug-likeness (QED) is 0.670. The van der Waals surface area contributed by atoms with E-state index >= 15 is 0 Å². The van der Waals surface area contributed by atoms with Gasteiger partial charge in [0.15, 0.2) is 5.78 Å². The molecule has 3 aromatic rings. The Bertz CT molecular complexity index is 1050. The van der Waals surface area contributed by atoms with Crippen molar-refractivity contribution in [3.63, 3.8) is 0 Å². The van der Waals surface area contributed by atoms with Gasteiger partial charge in [-0.2, -0.15) is 0 Å². The third-order valence-electron chi connectivity index (χ3n) is 5.27. The van der Waals surface area contributed by atoms with Crippen molar-refractivity contribution in [1.29, 1.82) is 0 Å². The van der Waals surface area contributed by atoms with Crippen LogP contribution in [0.5, 0.6) is 0 Å². The number of rotatable bonds is 4. The third-order valence-corrected chi connectivity index (χ3v) is 5.52. The van der Waals surface area contributed by atoms with Crippen LogP contribution in [0.2, 0.25) is 5.02 Å². The SMILES string of the molecule is Cc1ccnc2c1c(C(=O)c1ccc(Cl)cc1)c1n2CCCC1CC(=O)O. The molecule has 6 heteroatoms. The van der Waals surface area contributed by atoms with Crippen LogP contribution in [0.1, 0.15) is 52.4 Å². The summed E-state index contributed by atoms with van der Waals surface area (Å²) in [4.78, 5) is 29.4. The number of ketones is 1. The molecule has 1 N–H and O–H groups in total. The van der Waals surface area contributed by atoms with Crippen LogP contribution in [-0.2, 0) is 11.3 Å². The number of hydrogen-bond acceptors (Lipinski definition) is 3. The summed E-state index contributed by atoms with van der Waals surface area (Å²) in [5, 5.41) is 10.8. The summed E-state index contributed by atoms with van der Waals surface area (Å²) in [5.41, 5.74) is 3.66. The molecule has 1 aliphatic rings. The molecule has 27 heavy (non-hydrogen) atoms. The summed E-state index contributed by atoms with van der Waals surface area (Å²) < 4.78 is 2.04. The van der Waals surface area contributed by atoms with Gasteiger partial charge in [-0.15, -0.1) is 0 Å². The molecular formula is C21H19ClN2O3. The van der Waals surface area contributed by atoms with Gasteiger partial charge in [-0.25, -0.2) is 4.98 Å². The number of aromatic nitrogens is 2. The number of fused-ring (bicyclic) bond motifs is 3. The first-order valence-corrected chi connectivity index (χ1v) is 9.35. The van der Waals surface area contributed by atoms with Crippen molar-refractivity contribution >= 4 is 34.4 Å². The molecule has 0 fully saturated rings. The Morgan fingerprint density at radius 2 is 2.00 bits per heavy atom. The normalized spacial score (nSPS) is 16.3. The number of pyridine rings is 1.